The van der Waals surface area contributed by atoms with E-state index in [0.29, 0.717) is 0 Å². The van der Waals surface area contributed by atoms with Gasteiger partial charge < -0.3 is 4.52 Å². The van der Waals surface area contributed by atoms with Gasteiger partial charge in [-0.15, -0.1) is 0 Å². The molecule has 2 aliphatic rings. The predicted molar refractivity (Wildman–Crippen MR) is 80.6 cm³/mol. The van der Waals surface area contributed by atoms with Gasteiger partial charge in [-0.3, -0.25) is 4.90 Å². The molecule has 20 heavy (non-hydrogen) atoms. The van der Waals surface area contributed by atoms with E-state index < -0.39 is 0 Å². The molecule has 0 radical (unpaired) electrons. The van der Waals surface area contributed by atoms with Gasteiger partial charge >= 0.3 is 0 Å². The van der Waals surface area contributed by atoms with Gasteiger partial charge in [-0.1, -0.05) is 19.0 Å². The molecule has 112 valence electrons. The highest BCUT2D eigenvalue weighted by Crippen LogP contribution is 2.28. The summed E-state index contributed by atoms with van der Waals surface area (Å²) < 4.78 is 5.54. The fourth-order valence-electron chi connectivity index (χ4n) is 3.79. The molecule has 3 rings (SSSR count). The first-order chi connectivity index (χ1) is 9.74. The highest BCUT2D eigenvalue weighted by atomic mass is 16.5. The Morgan fingerprint density at radius 3 is 2.85 bits per heavy atom. The second-order valence-corrected chi connectivity index (χ2v) is 6.95. The number of likely N-dealkylation sites (tertiary alicyclic amines) is 1. The summed E-state index contributed by atoms with van der Waals surface area (Å²) in [6, 6.07) is 0. The van der Waals surface area contributed by atoms with Crippen LogP contribution in [-0.2, 0) is 19.4 Å². The molecule has 1 fully saturated rings. The maximum absolute atomic E-state index is 5.54. The van der Waals surface area contributed by atoms with Gasteiger partial charge in [-0.05, 0) is 63.5 Å². The van der Waals surface area contributed by atoms with Crippen LogP contribution in [0.15, 0.2) is 4.52 Å². The molecular weight excluding hydrogens is 248 g/mol. The number of hydrogen-bond donors (Lipinski definition) is 0. The molecule has 0 aromatic carbocycles. The van der Waals surface area contributed by atoms with E-state index in [1.165, 1.54) is 68.6 Å². The van der Waals surface area contributed by atoms with Gasteiger partial charge in [-0.25, -0.2) is 0 Å². The van der Waals surface area contributed by atoms with Crippen molar-refractivity contribution in [3.63, 3.8) is 0 Å². The zero-order chi connectivity index (χ0) is 13.9. The zero-order valence-electron chi connectivity index (χ0n) is 13.0. The molecule has 1 aliphatic heterocycles. The summed E-state index contributed by atoms with van der Waals surface area (Å²) in [4.78, 5) is 2.59. The molecule has 2 heterocycles. The molecule has 0 spiro atoms. The van der Waals surface area contributed by atoms with E-state index in [-0.39, 0.29) is 0 Å². The minimum absolute atomic E-state index is 0.828. The van der Waals surface area contributed by atoms with Gasteiger partial charge in [0.2, 0.25) is 0 Å². The predicted octanol–water partition coefficient (Wildman–Crippen LogP) is 3.81. The van der Waals surface area contributed by atoms with Crippen LogP contribution in [-0.4, -0.2) is 23.1 Å². The lowest BCUT2D eigenvalue weighted by atomic mass is 9.89. The third-order valence-corrected chi connectivity index (χ3v) is 5.21. The lowest BCUT2D eigenvalue weighted by Gasteiger charge is -2.21. The molecule has 3 nitrogen and oxygen atoms in total. The molecule has 0 saturated carbocycles. The van der Waals surface area contributed by atoms with Gasteiger partial charge in [0, 0.05) is 18.5 Å². The summed E-state index contributed by atoms with van der Waals surface area (Å²) in [6.07, 6.45) is 8.91. The van der Waals surface area contributed by atoms with Crippen molar-refractivity contribution < 1.29 is 4.52 Å². The van der Waals surface area contributed by atoms with Crippen LogP contribution < -0.4 is 0 Å². The number of aryl methyl sites for hydroxylation is 1. The van der Waals surface area contributed by atoms with Gasteiger partial charge in [0.25, 0.3) is 0 Å². The molecule has 1 unspecified atom stereocenters. The number of aromatic nitrogens is 1. The topological polar surface area (TPSA) is 29.3 Å². The highest BCUT2D eigenvalue weighted by molar-refractivity contribution is 5.25. The van der Waals surface area contributed by atoms with Crippen LogP contribution in [0.1, 0.15) is 63.0 Å². The lowest BCUT2D eigenvalue weighted by Crippen LogP contribution is -2.25. The fourth-order valence-corrected chi connectivity index (χ4v) is 3.79. The first-order valence-corrected chi connectivity index (χ1v) is 8.42. The Balaban J connectivity index is 1.62. The second kappa shape index (κ2) is 6.30. The Morgan fingerprint density at radius 2 is 2.00 bits per heavy atom. The summed E-state index contributed by atoms with van der Waals surface area (Å²) in [5.74, 6) is 2.90. The summed E-state index contributed by atoms with van der Waals surface area (Å²) in [5, 5.41) is 4.36. The fraction of sp³-hybridized carbons (Fsp3) is 0.824. The van der Waals surface area contributed by atoms with Crippen molar-refractivity contribution in [3.05, 3.63) is 17.0 Å². The van der Waals surface area contributed by atoms with Crippen LogP contribution in [0.2, 0.25) is 0 Å². The summed E-state index contributed by atoms with van der Waals surface area (Å²) in [6.45, 7) is 8.20. The third kappa shape index (κ3) is 3.08. The SMILES string of the molecule is CC(C)C1CCCN(Cc2noc3c2CCCC3)CC1. The first kappa shape index (κ1) is 14.1. The number of nitrogens with zero attached hydrogens (tertiary/aromatic N) is 2. The molecule has 1 saturated heterocycles. The highest BCUT2D eigenvalue weighted by Gasteiger charge is 2.23. The van der Waals surface area contributed by atoms with E-state index in [1.54, 1.807) is 0 Å². The van der Waals surface area contributed by atoms with Gasteiger partial charge in [0.1, 0.15) is 11.5 Å². The Morgan fingerprint density at radius 1 is 1.15 bits per heavy atom. The van der Waals surface area contributed by atoms with Gasteiger partial charge in [0.05, 0.1) is 0 Å². The maximum Gasteiger partial charge on any atom is 0.140 e. The average molecular weight is 276 g/mol. The Hall–Kier alpha value is -0.830. The third-order valence-electron chi connectivity index (χ3n) is 5.21. The van der Waals surface area contributed by atoms with Crippen LogP contribution in [0, 0.1) is 11.8 Å². The Kier molecular flexibility index (Phi) is 4.45. The molecule has 0 bridgehead atoms. The summed E-state index contributed by atoms with van der Waals surface area (Å²) in [7, 11) is 0. The van der Waals surface area contributed by atoms with Crippen LogP contribution in [0.25, 0.3) is 0 Å². The van der Waals surface area contributed by atoms with Crippen LogP contribution in [0.4, 0.5) is 0 Å². The molecule has 3 heteroatoms. The van der Waals surface area contributed by atoms with E-state index >= 15 is 0 Å². The van der Waals surface area contributed by atoms with E-state index in [1.807, 2.05) is 0 Å². The minimum Gasteiger partial charge on any atom is -0.361 e. The quantitative estimate of drug-likeness (QED) is 0.840. The minimum atomic E-state index is 0.828. The summed E-state index contributed by atoms with van der Waals surface area (Å²) in [5.41, 5.74) is 2.66. The standard InChI is InChI=1S/C17H28N2O/c1-13(2)14-6-5-10-19(11-9-14)12-16-15-7-3-4-8-17(15)20-18-16/h13-14H,3-12H2,1-2H3. The lowest BCUT2D eigenvalue weighted by molar-refractivity contribution is 0.255. The van der Waals surface area contributed by atoms with Crippen molar-refractivity contribution in [2.45, 2.75) is 65.3 Å². The van der Waals surface area contributed by atoms with E-state index in [2.05, 4.69) is 23.9 Å². The van der Waals surface area contributed by atoms with Crippen molar-refractivity contribution >= 4 is 0 Å². The van der Waals surface area contributed by atoms with Crippen molar-refractivity contribution in [1.82, 2.24) is 10.1 Å². The Labute approximate surface area is 122 Å². The molecule has 1 aliphatic carbocycles. The summed E-state index contributed by atoms with van der Waals surface area (Å²) >= 11 is 0. The molecule has 1 aromatic heterocycles. The smallest absolute Gasteiger partial charge is 0.140 e. The van der Waals surface area contributed by atoms with E-state index in [9.17, 15) is 0 Å². The van der Waals surface area contributed by atoms with Crippen LogP contribution in [0.3, 0.4) is 0 Å². The second-order valence-electron chi connectivity index (χ2n) is 6.95. The Bertz CT molecular complexity index is 438. The van der Waals surface area contributed by atoms with E-state index in [0.717, 1.165) is 24.8 Å². The van der Waals surface area contributed by atoms with Crippen LogP contribution >= 0.6 is 0 Å². The molecule has 1 aromatic rings. The van der Waals surface area contributed by atoms with E-state index in [4.69, 9.17) is 4.52 Å². The van der Waals surface area contributed by atoms with Crippen molar-refractivity contribution in [3.8, 4) is 0 Å². The molecule has 0 amide bonds. The van der Waals surface area contributed by atoms with Crippen LogP contribution in [0.5, 0.6) is 0 Å². The van der Waals surface area contributed by atoms with Crippen molar-refractivity contribution in [1.29, 1.82) is 0 Å². The van der Waals surface area contributed by atoms with Gasteiger partial charge in [-0.2, -0.15) is 0 Å². The zero-order valence-corrected chi connectivity index (χ0v) is 13.0. The number of hydrogen-bond acceptors (Lipinski definition) is 3. The molecule has 0 N–H and O–H groups in total. The molecular formula is C17H28N2O. The van der Waals surface area contributed by atoms with Crippen molar-refractivity contribution in [2.24, 2.45) is 11.8 Å². The first-order valence-electron chi connectivity index (χ1n) is 8.42. The normalized spacial score (nSPS) is 24.6. The number of rotatable bonds is 3. The largest absolute Gasteiger partial charge is 0.361 e. The average Bonchev–Trinajstić information content (AvgIpc) is 2.69. The van der Waals surface area contributed by atoms with Crippen molar-refractivity contribution in [2.75, 3.05) is 13.1 Å². The monoisotopic (exact) mass is 276 g/mol. The maximum atomic E-state index is 5.54. The molecule has 1 atom stereocenters. The number of fused-ring (bicyclic) bond motifs is 1. The van der Waals surface area contributed by atoms with Gasteiger partial charge in [0.15, 0.2) is 0 Å².